The zero-order valence-electron chi connectivity index (χ0n) is 14.2. The van der Waals surface area contributed by atoms with Crippen LogP contribution in [0.5, 0.6) is 0 Å². The Kier molecular flexibility index (Phi) is 5.93. The Bertz CT molecular complexity index is 699. The zero-order valence-corrected chi connectivity index (χ0v) is 14.2. The molecule has 1 aliphatic rings. The van der Waals surface area contributed by atoms with Crippen LogP contribution in [0.4, 0.5) is 10.3 Å². The summed E-state index contributed by atoms with van der Waals surface area (Å²) >= 11 is 0. The molecule has 2 aromatic rings. The summed E-state index contributed by atoms with van der Waals surface area (Å²) in [5, 5.41) is 6.09. The second-order valence-electron chi connectivity index (χ2n) is 6.37. The van der Waals surface area contributed by atoms with E-state index in [4.69, 9.17) is 0 Å². The van der Waals surface area contributed by atoms with Crippen LogP contribution in [-0.4, -0.2) is 28.5 Å². The first kappa shape index (κ1) is 17.3. The molecule has 0 radical (unpaired) electrons. The van der Waals surface area contributed by atoms with Crippen molar-refractivity contribution >= 4 is 11.9 Å². The van der Waals surface area contributed by atoms with Crippen LogP contribution in [0.15, 0.2) is 36.7 Å². The maximum absolute atomic E-state index is 13.5. The average molecular weight is 342 g/mol. The van der Waals surface area contributed by atoms with Gasteiger partial charge in [0.15, 0.2) is 0 Å². The van der Waals surface area contributed by atoms with Gasteiger partial charge in [-0.2, -0.15) is 0 Å². The minimum atomic E-state index is -0.208. The monoisotopic (exact) mass is 342 g/mol. The predicted molar refractivity (Wildman–Crippen MR) is 95.0 cm³/mol. The highest BCUT2D eigenvalue weighted by Crippen LogP contribution is 2.17. The van der Waals surface area contributed by atoms with Crippen molar-refractivity contribution in [2.75, 3.05) is 11.9 Å². The summed E-state index contributed by atoms with van der Waals surface area (Å²) in [5.41, 5.74) is 1.11. The Labute approximate surface area is 147 Å². The fraction of sp³-hybridized carbons (Fsp3) is 0.421. The number of halogens is 1. The summed E-state index contributed by atoms with van der Waals surface area (Å²) in [6.07, 6.45) is 9.28. The Morgan fingerprint density at radius 3 is 2.56 bits per heavy atom. The van der Waals surface area contributed by atoms with Gasteiger partial charge in [-0.1, -0.05) is 37.5 Å². The average Bonchev–Trinajstić information content (AvgIpc) is 2.65. The quantitative estimate of drug-likeness (QED) is 0.845. The summed E-state index contributed by atoms with van der Waals surface area (Å²) in [4.78, 5) is 20.5. The molecule has 0 atom stereocenters. The van der Waals surface area contributed by atoms with Crippen molar-refractivity contribution in [2.24, 2.45) is 0 Å². The van der Waals surface area contributed by atoms with Gasteiger partial charge in [-0.3, -0.25) is 4.79 Å². The molecule has 0 saturated heterocycles. The number of anilines is 1. The summed E-state index contributed by atoms with van der Waals surface area (Å²) in [6, 6.07) is 6.96. The van der Waals surface area contributed by atoms with Crippen LogP contribution >= 0.6 is 0 Å². The highest BCUT2D eigenvalue weighted by atomic mass is 19.1. The Balaban J connectivity index is 1.48. The third-order valence-electron chi connectivity index (χ3n) is 4.49. The molecule has 0 spiro atoms. The van der Waals surface area contributed by atoms with Crippen molar-refractivity contribution in [3.05, 3.63) is 53.6 Å². The van der Waals surface area contributed by atoms with Crippen molar-refractivity contribution in [3.63, 3.8) is 0 Å². The van der Waals surface area contributed by atoms with E-state index < -0.39 is 0 Å². The highest BCUT2D eigenvalue weighted by Gasteiger charge is 2.17. The minimum absolute atomic E-state index is 0.121. The molecule has 1 aromatic carbocycles. The van der Waals surface area contributed by atoms with E-state index in [1.807, 2.05) is 6.07 Å². The number of carbonyl (C=O) groups excluding carboxylic acids is 1. The lowest BCUT2D eigenvalue weighted by atomic mass is 9.95. The van der Waals surface area contributed by atoms with Gasteiger partial charge in [0, 0.05) is 25.0 Å². The van der Waals surface area contributed by atoms with Crippen LogP contribution in [0, 0.1) is 5.82 Å². The number of hydrogen-bond donors (Lipinski definition) is 2. The van der Waals surface area contributed by atoms with E-state index in [-0.39, 0.29) is 17.8 Å². The van der Waals surface area contributed by atoms with Crippen LogP contribution in [-0.2, 0) is 6.42 Å². The predicted octanol–water partition coefficient (Wildman–Crippen LogP) is 3.33. The highest BCUT2D eigenvalue weighted by molar-refractivity contribution is 5.93. The first-order valence-corrected chi connectivity index (χ1v) is 8.82. The van der Waals surface area contributed by atoms with E-state index in [1.165, 1.54) is 37.7 Å². The number of aromatic nitrogens is 2. The minimum Gasteiger partial charge on any atom is -0.354 e. The van der Waals surface area contributed by atoms with Gasteiger partial charge in [0.05, 0.1) is 5.56 Å². The van der Waals surface area contributed by atoms with Crippen molar-refractivity contribution in [1.82, 2.24) is 15.3 Å². The van der Waals surface area contributed by atoms with E-state index in [0.717, 1.165) is 12.8 Å². The molecule has 2 N–H and O–H groups in total. The van der Waals surface area contributed by atoms with Crippen LogP contribution in [0.25, 0.3) is 0 Å². The Hall–Kier alpha value is -2.50. The molecule has 1 heterocycles. The third-order valence-corrected chi connectivity index (χ3v) is 4.49. The van der Waals surface area contributed by atoms with Gasteiger partial charge >= 0.3 is 0 Å². The van der Waals surface area contributed by atoms with Gasteiger partial charge in [-0.15, -0.1) is 0 Å². The lowest BCUT2D eigenvalue weighted by molar-refractivity contribution is 0.0927. The van der Waals surface area contributed by atoms with E-state index in [9.17, 15) is 9.18 Å². The first-order chi connectivity index (χ1) is 12.2. The largest absolute Gasteiger partial charge is 0.354 e. The fourth-order valence-electron chi connectivity index (χ4n) is 3.06. The smallest absolute Gasteiger partial charge is 0.254 e. The number of carbonyl (C=O) groups is 1. The normalized spacial score (nSPS) is 14.9. The Morgan fingerprint density at radius 1 is 1.12 bits per heavy atom. The first-order valence-electron chi connectivity index (χ1n) is 8.82. The molecule has 6 heteroatoms. The van der Waals surface area contributed by atoms with Gasteiger partial charge in [-0.05, 0) is 30.9 Å². The number of amides is 1. The summed E-state index contributed by atoms with van der Waals surface area (Å²) < 4.78 is 13.5. The number of nitrogens with zero attached hydrogens (tertiary/aromatic N) is 2. The van der Waals surface area contributed by atoms with Crippen molar-refractivity contribution in [3.8, 4) is 0 Å². The molecule has 1 aromatic heterocycles. The molecular weight excluding hydrogens is 319 g/mol. The lowest BCUT2D eigenvalue weighted by Crippen LogP contribution is -2.36. The second kappa shape index (κ2) is 8.55. The molecule has 5 nitrogen and oxygen atoms in total. The third kappa shape index (κ3) is 4.98. The molecule has 25 heavy (non-hydrogen) atoms. The van der Waals surface area contributed by atoms with Crippen molar-refractivity contribution in [2.45, 2.75) is 44.6 Å². The van der Waals surface area contributed by atoms with E-state index in [0.29, 0.717) is 30.0 Å². The number of nitrogens with one attached hydrogen (secondary N) is 2. The van der Waals surface area contributed by atoms with Crippen LogP contribution in [0.3, 0.4) is 0 Å². The zero-order chi connectivity index (χ0) is 17.5. The SMILES string of the molecule is O=C(NC1CCCCC1)c1cnc(NCCc2ccccc2F)nc1. The maximum Gasteiger partial charge on any atom is 0.254 e. The molecule has 0 bridgehead atoms. The summed E-state index contributed by atoms with van der Waals surface area (Å²) in [5.74, 6) is 0.107. The Morgan fingerprint density at radius 2 is 1.84 bits per heavy atom. The molecule has 132 valence electrons. The number of benzene rings is 1. The van der Waals surface area contributed by atoms with Gasteiger partial charge in [0.1, 0.15) is 5.82 Å². The molecule has 3 rings (SSSR count). The van der Waals surface area contributed by atoms with Gasteiger partial charge in [0.2, 0.25) is 5.95 Å². The van der Waals surface area contributed by atoms with Gasteiger partial charge < -0.3 is 10.6 Å². The van der Waals surface area contributed by atoms with Crippen molar-refractivity contribution < 1.29 is 9.18 Å². The summed E-state index contributed by atoms with van der Waals surface area (Å²) in [7, 11) is 0. The molecule has 1 amide bonds. The van der Waals surface area contributed by atoms with Gasteiger partial charge in [0.25, 0.3) is 5.91 Å². The molecular formula is C19H23FN4O. The number of hydrogen-bond acceptors (Lipinski definition) is 4. The number of rotatable bonds is 6. The standard InChI is InChI=1S/C19H23FN4O/c20-17-9-5-4-6-14(17)10-11-21-19-22-12-15(13-23-19)18(25)24-16-7-2-1-3-8-16/h4-6,9,12-13,16H,1-3,7-8,10-11H2,(H,24,25)(H,21,22,23). The molecule has 0 aliphatic heterocycles. The second-order valence-corrected chi connectivity index (χ2v) is 6.37. The molecule has 0 unspecified atom stereocenters. The van der Waals surface area contributed by atoms with E-state index >= 15 is 0 Å². The molecule has 1 fully saturated rings. The van der Waals surface area contributed by atoms with E-state index in [1.54, 1.807) is 12.1 Å². The van der Waals surface area contributed by atoms with Gasteiger partial charge in [-0.25, -0.2) is 14.4 Å². The topological polar surface area (TPSA) is 66.9 Å². The lowest BCUT2D eigenvalue weighted by Gasteiger charge is -2.22. The maximum atomic E-state index is 13.5. The van der Waals surface area contributed by atoms with E-state index in [2.05, 4.69) is 20.6 Å². The van der Waals surface area contributed by atoms with Crippen molar-refractivity contribution in [1.29, 1.82) is 0 Å². The molecule has 1 saturated carbocycles. The fourth-order valence-corrected chi connectivity index (χ4v) is 3.06. The molecule has 1 aliphatic carbocycles. The van der Waals surface area contributed by atoms with Crippen LogP contribution in [0.1, 0.15) is 48.0 Å². The summed E-state index contributed by atoms with van der Waals surface area (Å²) in [6.45, 7) is 0.522. The van der Waals surface area contributed by atoms with Crippen LogP contribution in [0.2, 0.25) is 0 Å². The van der Waals surface area contributed by atoms with Crippen LogP contribution < -0.4 is 10.6 Å².